The van der Waals surface area contributed by atoms with Gasteiger partial charge in [0.15, 0.2) is 0 Å². The fraction of sp³-hybridized carbons (Fsp3) is 0.900. The fourth-order valence-electron chi connectivity index (χ4n) is 10.3. The van der Waals surface area contributed by atoms with Crippen molar-refractivity contribution in [2.45, 2.75) is 246 Å². The van der Waals surface area contributed by atoms with E-state index >= 15 is 0 Å². The number of esters is 1. The number of rotatable bonds is 35. The van der Waals surface area contributed by atoms with Crippen molar-refractivity contribution >= 4 is 5.97 Å². The third kappa shape index (κ3) is 21.4. The Morgan fingerprint density at radius 1 is 0.648 bits per heavy atom. The smallest absolute Gasteiger partial charge is 0.306 e. The molecule has 3 atom stereocenters. The van der Waals surface area contributed by atoms with Crippen LogP contribution in [0, 0.1) is 22.7 Å². The molecule has 0 saturated heterocycles. The maximum Gasteiger partial charge on any atom is 0.306 e. The highest BCUT2D eigenvalue weighted by Gasteiger charge is 2.51. The van der Waals surface area contributed by atoms with Gasteiger partial charge in [0.25, 0.3) is 0 Å². The van der Waals surface area contributed by atoms with E-state index in [1.165, 1.54) is 185 Å². The first-order valence-corrected chi connectivity index (χ1v) is 24.0. The van der Waals surface area contributed by atoms with Crippen molar-refractivity contribution in [3.63, 3.8) is 0 Å². The van der Waals surface area contributed by atoms with Crippen LogP contribution in [-0.4, -0.2) is 36.0 Å². The van der Waals surface area contributed by atoms with Gasteiger partial charge in [-0.05, 0) is 86.2 Å². The molecule has 2 rings (SSSR count). The SMILES string of the molecule is CC(=CCOC(=O)CCCCCCCCCCCCCCCCCCCCCCCCCCCCCO)CCC1C(CO)=CCC2C(C)(C)CCCC12C. The van der Waals surface area contributed by atoms with Crippen LogP contribution in [0.3, 0.4) is 0 Å². The Hall–Kier alpha value is -1.13. The lowest BCUT2D eigenvalue weighted by molar-refractivity contribution is -0.142. The van der Waals surface area contributed by atoms with E-state index in [0.29, 0.717) is 36.9 Å². The van der Waals surface area contributed by atoms with Gasteiger partial charge in [0, 0.05) is 13.0 Å². The Kier molecular flexibility index (Phi) is 28.1. The minimum Gasteiger partial charge on any atom is -0.461 e. The predicted molar refractivity (Wildman–Crippen MR) is 233 cm³/mol. The molecule has 1 fully saturated rings. The number of fused-ring (bicyclic) bond motifs is 1. The van der Waals surface area contributed by atoms with E-state index in [-0.39, 0.29) is 18.0 Å². The van der Waals surface area contributed by atoms with Crippen LogP contribution in [0.15, 0.2) is 23.3 Å². The lowest BCUT2D eigenvalue weighted by atomic mass is 9.48. The summed E-state index contributed by atoms with van der Waals surface area (Å²) >= 11 is 0. The first kappa shape index (κ1) is 49.0. The van der Waals surface area contributed by atoms with Gasteiger partial charge < -0.3 is 14.9 Å². The van der Waals surface area contributed by atoms with Gasteiger partial charge in [0.05, 0.1) is 6.61 Å². The van der Waals surface area contributed by atoms with Gasteiger partial charge in [0.2, 0.25) is 0 Å². The molecule has 0 amide bonds. The van der Waals surface area contributed by atoms with Crippen LogP contribution in [-0.2, 0) is 9.53 Å². The van der Waals surface area contributed by atoms with E-state index in [0.717, 1.165) is 38.5 Å². The lowest BCUT2D eigenvalue weighted by Gasteiger charge is -2.57. The molecule has 2 aliphatic rings. The van der Waals surface area contributed by atoms with E-state index in [9.17, 15) is 9.90 Å². The minimum absolute atomic E-state index is 0.0538. The summed E-state index contributed by atoms with van der Waals surface area (Å²) in [6.45, 7) is 10.5. The molecule has 0 aromatic heterocycles. The molecule has 0 aliphatic heterocycles. The van der Waals surface area contributed by atoms with Crippen LogP contribution in [0.25, 0.3) is 0 Å². The second-order valence-corrected chi connectivity index (χ2v) is 18.9. The summed E-state index contributed by atoms with van der Waals surface area (Å²) in [6.07, 6.45) is 48.5. The maximum atomic E-state index is 12.3. The number of aliphatic hydroxyl groups is 2. The standard InChI is InChI=1S/C50H92O4/c1-44(34-36-46-45(43-52)35-37-47-49(2,3)39-32-40-50(46,47)4)38-42-54-48(53)33-30-28-26-24-22-20-18-16-14-12-10-8-6-5-7-9-11-13-15-17-19-21-23-25-27-29-31-41-51/h35,38,46-47,51-52H,5-34,36-37,39-43H2,1-4H3. The van der Waals surface area contributed by atoms with Crippen molar-refractivity contribution in [1.29, 1.82) is 0 Å². The highest BCUT2D eigenvalue weighted by molar-refractivity contribution is 5.69. The van der Waals surface area contributed by atoms with Gasteiger partial charge in [-0.1, -0.05) is 199 Å². The zero-order valence-corrected chi connectivity index (χ0v) is 36.7. The van der Waals surface area contributed by atoms with E-state index < -0.39 is 0 Å². The molecule has 0 aromatic carbocycles. The zero-order valence-electron chi connectivity index (χ0n) is 36.7. The van der Waals surface area contributed by atoms with Crippen molar-refractivity contribution < 1.29 is 19.7 Å². The normalized spacial score (nSPS) is 21.2. The van der Waals surface area contributed by atoms with Gasteiger partial charge >= 0.3 is 5.97 Å². The molecule has 316 valence electrons. The number of carbonyl (C=O) groups is 1. The average molecular weight is 757 g/mol. The van der Waals surface area contributed by atoms with Crippen LogP contribution in [0.5, 0.6) is 0 Å². The summed E-state index contributed by atoms with van der Waals surface area (Å²) in [4.78, 5) is 12.3. The second kappa shape index (κ2) is 30.9. The van der Waals surface area contributed by atoms with Crippen LogP contribution < -0.4 is 0 Å². The Bertz CT molecular complexity index is 981. The number of unbranched alkanes of at least 4 members (excludes halogenated alkanes) is 26. The van der Waals surface area contributed by atoms with Gasteiger partial charge in [0.1, 0.15) is 6.61 Å². The molecular weight excluding hydrogens is 665 g/mol. The first-order valence-electron chi connectivity index (χ1n) is 24.0. The van der Waals surface area contributed by atoms with E-state index in [4.69, 9.17) is 9.84 Å². The zero-order chi connectivity index (χ0) is 39.2. The fourth-order valence-corrected chi connectivity index (χ4v) is 10.3. The van der Waals surface area contributed by atoms with Crippen molar-refractivity contribution in [3.8, 4) is 0 Å². The summed E-state index contributed by atoms with van der Waals surface area (Å²) in [7, 11) is 0. The molecule has 2 N–H and O–H groups in total. The average Bonchev–Trinajstić information content (AvgIpc) is 3.14. The van der Waals surface area contributed by atoms with E-state index in [1.54, 1.807) is 0 Å². The molecule has 4 heteroatoms. The van der Waals surface area contributed by atoms with E-state index in [1.807, 2.05) is 0 Å². The predicted octanol–water partition coefficient (Wildman–Crippen LogP) is 14.9. The molecule has 54 heavy (non-hydrogen) atoms. The Morgan fingerprint density at radius 3 is 1.50 bits per heavy atom. The van der Waals surface area contributed by atoms with Gasteiger partial charge in [-0.25, -0.2) is 0 Å². The Morgan fingerprint density at radius 2 is 1.07 bits per heavy atom. The van der Waals surface area contributed by atoms with Gasteiger partial charge in [-0.3, -0.25) is 4.79 Å². The molecule has 0 spiro atoms. The second-order valence-electron chi connectivity index (χ2n) is 18.9. The van der Waals surface area contributed by atoms with Gasteiger partial charge in [-0.2, -0.15) is 0 Å². The van der Waals surface area contributed by atoms with E-state index in [2.05, 4.69) is 39.8 Å². The first-order chi connectivity index (χ1) is 26.2. The van der Waals surface area contributed by atoms with Crippen molar-refractivity contribution in [1.82, 2.24) is 0 Å². The third-order valence-corrected chi connectivity index (χ3v) is 13.9. The van der Waals surface area contributed by atoms with Crippen molar-refractivity contribution in [2.24, 2.45) is 22.7 Å². The molecule has 0 heterocycles. The number of hydrogen-bond acceptors (Lipinski definition) is 4. The highest BCUT2D eigenvalue weighted by Crippen LogP contribution is 2.60. The number of carbonyl (C=O) groups excluding carboxylic acids is 1. The van der Waals surface area contributed by atoms with Crippen LogP contribution >= 0.6 is 0 Å². The minimum atomic E-state index is -0.0538. The summed E-state index contributed by atoms with van der Waals surface area (Å²) in [5, 5.41) is 19.0. The van der Waals surface area contributed by atoms with Crippen LogP contribution in [0.4, 0.5) is 0 Å². The molecule has 4 nitrogen and oxygen atoms in total. The quantitative estimate of drug-likeness (QED) is 0.0384. The Labute approximate surface area is 336 Å². The number of hydrogen-bond donors (Lipinski definition) is 2. The van der Waals surface area contributed by atoms with Crippen LogP contribution in [0.2, 0.25) is 0 Å². The monoisotopic (exact) mass is 757 g/mol. The van der Waals surface area contributed by atoms with Crippen molar-refractivity contribution in [2.75, 3.05) is 19.8 Å². The van der Waals surface area contributed by atoms with Crippen molar-refractivity contribution in [3.05, 3.63) is 23.3 Å². The number of allylic oxidation sites excluding steroid dienone is 2. The number of aliphatic hydroxyl groups excluding tert-OH is 2. The molecular formula is C50H92O4. The molecule has 0 bridgehead atoms. The molecule has 0 aromatic rings. The molecule has 3 unspecified atom stereocenters. The largest absolute Gasteiger partial charge is 0.461 e. The van der Waals surface area contributed by atoms with Crippen LogP contribution in [0.1, 0.15) is 246 Å². The maximum absolute atomic E-state index is 12.3. The summed E-state index contributed by atoms with van der Waals surface area (Å²) < 4.78 is 5.57. The third-order valence-electron chi connectivity index (χ3n) is 13.9. The topological polar surface area (TPSA) is 66.8 Å². The summed E-state index contributed by atoms with van der Waals surface area (Å²) in [5.41, 5.74) is 3.18. The molecule has 2 aliphatic carbocycles. The Balaban J connectivity index is 1.32. The summed E-state index contributed by atoms with van der Waals surface area (Å²) in [6, 6.07) is 0. The molecule has 0 radical (unpaired) electrons. The number of ether oxygens (including phenoxy) is 1. The lowest BCUT2D eigenvalue weighted by Crippen LogP contribution is -2.49. The summed E-state index contributed by atoms with van der Waals surface area (Å²) in [5.74, 6) is 1.07. The van der Waals surface area contributed by atoms with Gasteiger partial charge in [-0.15, -0.1) is 0 Å². The highest BCUT2D eigenvalue weighted by atomic mass is 16.5. The molecule has 1 saturated carbocycles.